The lowest BCUT2D eigenvalue weighted by Crippen LogP contribution is -2.30. The van der Waals surface area contributed by atoms with Crippen LogP contribution in [-0.2, 0) is 28.6 Å². The van der Waals surface area contributed by atoms with Crippen molar-refractivity contribution in [2.75, 3.05) is 13.2 Å². The van der Waals surface area contributed by atoms with Gasteiger partial charge >= 0.3 is 17.9 Å². The van der Waals surface area contributed by atoms with Crippen LogP contribution in [0.5, 0.6) is 0 Å². The van der Waals surface area contributed by atoms with E-state index in [0.717, 1.165) is 109 Å². The van der Waals surface area contributed by atoms with E-state index in [9.17, 15) is 14.4 Å². The van der Waals surface area contributed by atoms with Crippen LogP contribution in [0.15, 0.2) is 122 Å². The van der Waals surface area contributed by atoms with Crippen LogP contribution in [0.4, 0.5) is 0 Å². The smallest absolute Gasteiger partial charge is 0.309 e. The molecule has 0 bridgehead atoms. The first-order valence-electron chi connectivity index (χ1n) is 28.5. The molecule has 0 aromatic rings. The summed E-state index contributed by atoms with van der Waals surface area (Å²) in [5.74, 6) is -1.09. The average molecular weight is 970 g/mol. The summed E-state index contributed by atoms with van der Waals surface area (Å²) >= 11 is 0. The zero-order valence-electron chi connectivity index (χ0n) is 45.2. The first-order valence-corrected chi connectivity index (χ1v) is 28.5. The van der Waals surface area contributed by atoms with Crippen molar-refractivity contribution in [3.05, 3.63) is 122 Å². The predicted octanol–water partition coefficient (Wildman–Crippen LogP) is 19.3. The van der Waals surface area contributed by atoms with Crippen LogP contribution in [0.25, 0.3) is 0 Å². The van der Waals surface area contributed by atoms with Gasteiger partial charge in [0.15, 0.2) is 6.10 Å². The van der Waals surface area contributed by atoms with Crippen molar-refractivity contribution in [1.29, 1.82) is 0 Å². The van der Waals surface area contributed by atoms with Crippen molar-refractivity contribution >= 4 is 17.9 Å². The molecule has 0 aromatic carbocycles. The quantitative estimate of drug-likeness (QED) is 0.0262. The molecule has 0 aliphatic heterocycles. The highest BCUT2D eigenvalue weighted by atomic mass is 16.6. The Morgan fingerprint density at radius 3 is 1.00 bits per heavy atom. The highest BCUT2D eigenvalue weighted by Gasteiger charge is 2.19. The van der Waals surface area contributed by atoms with Crippen molar-refractivity contribution in [2.24, 2.45) is 0 Å². The normalized spacial score (nSPS) is 13.0. The van der Waals surface area contributed by atoms with Gasteiger partial charge in [-0.25, -0.2) is 0 Å². The van der Waals surface area contributed by atoms with Crippen LogP contribution in [0.2, 0.25) is 0 Å². The topological polar surface area (TPSA) is 78.9 Å². The Morgan fingerprint density at radius 1 is 0.314 bits per heavy atom. The zero-order chi connectivity index (χ0) is 50.7. The second kappa shape index (κ2) is 57.4. The highest BCUT2D eigenvalue weighted by molar-refractivity contribution is 5.72. The van der Waals surface area contributed by atoms with Gasteiger partial charge in [-0.1, -0.05) is 258 Å². The molecular weight excluding hydrogens is 865 g/mol. The molecule has 0 rings (SSSR count). The summed E-state index contributed by atoms with van der Waals surface area (Å²) in [6, 6.07) is 0. The van der Waals surface area contributed by atoms with Crippen LogP contribution in [-0.4, -0.2) is 37.2 Å². The van der Waals surface area contributed by atoms with Gasteiger partial charge in [0.1, 0.15) is 13.2 Å². The fourth-order valence-corrected chi connectivity index (χ4v) is 7.54. The minimum Gasteiger partial charge on any atom is -0.462 e. The highest BCUT2D eigenvalue weighted by Crippen LogP contribution is 2.15. The van der Waals surface area contributed by atoms with E-state index in [0.29, 0.717) is 12.8 Å². The summed E-state index contributed by atoms with van der Waals surface area (Å²) in [4.78, 5) is 38.1. The fraction of sp³-hybridized carbons (Fsp3) is 0.641. The molecule has 0 aliphatic rings. The molecule has 0 aromatic heterocycles. The molecule has 0 fully saturated rings. The third-order valence-electron chi connectivity index (χ3n) is 11.7. The number of rotatable bonds is 50. The van der Waals surface area contributed by atoms with Crippen molar-refractivity contribution in [1.82, 2.24) is 0 Å². The summed E-state index contributed by atoms with van der Waals surface area (Å²) < 4.78 is 16.7. The van der Waals surface area contributed by atoms with Crippen LogP contribution in [0, 0.1) is 0 Å². The first-order chi connectivity index (χ1) is 34.5. The third kappa shape index (κ3) is 54.7. The molecule has 0 N–H and O–H groups in total. The summed E-state index contributed by atoms with van der Waals surface area (Å²) in [6.45, 7) is 6.30. The molecule has 0 heterocycles. The van der Waals surface area contributed by atoms with Crippen LogP contribution in [0.3, 0.4) is 0 Å². The molecule has 0 spiro atoms. The second-order valence-electron chi connectivity index (χ2n) is 18.5. The lowest BCUT2D eigenvalue weighted by atomic mass is 10.0. The minimum atomic E-state index is -0.834. The number of hydrogen-bond acceptors (Lipinski definition) is 6. The summed E-state index contributed by atoms with van der Waals surface area (Å²) in [6.07, 6.45) is 79.3. The van der Waals surface area contributed by atoms with Crippen LogP contribution in [0.1, 0.15) is 245 Å². The lowest BCUT2D eigenvalue weighted by molar-refractivity contribution is -0.166. The molecule has 0 saturated heterocycles. The van der Waals surface area contributed by atoms with E-state index in [1.807, 2.05) is 6.08 Å². The number of ether oxygens (including phenoxy) is 3. The van der Waals surface area contributed by atoms with Gasteiger partial charge in [0.25, 0.3) is 0 Å². The predicted molar refractivity (Wildman–Crippen MR) is 302 cm³/mol. The number of unbranched alkanes of at least 4 members (excludes halogenated alkanes) is 20. The first kappa shape index (κ1) is 65.8. The number of carbonyl (C=O) groups excluding carboxylic acids is 3. The summed E-state index contributed by atoms with van der Waals surface area (Å²) in [5, 5.41) is 0. The van der Waals surface area contributed by atoms with E-state index in [4.69, 9.17) is 14.2 Å². The molecule has 0 saturated carbocycles. The van der Waals surface area contributed by atoms with E-state index in [1.165, 1.54) is 96.3 Å². The molecule has 0 aliphatic carbocycles. The van der Waals surface area contributed by atoms with E-state index in [-0.39, 0.29) is 31.6 Å². The van der Waals surface area contributed by atoms with E-state index < -0.39 is 12.1 Å². The van der Waals surface area contributed by atoms with Crippen LogP contribution >= 0.6 is 0 Å². The summed E-state index contributed by atoms with van der Waals surface area (Å²) in [7, 11) is 0. The fourth-order valence-electron chi connectivity index (χ4n) is 7.54. The molecule has 1 atom stereocenters. The Labute approximate surface area is 431 Å². The van der Waals surface area contributed by atoms with Gasteiger partial charge in [0.05, 0.1) is 6.42 Å². The number of hydrogen-bond donors (Lipinski definition) is 0. The van der Waals surface area contributed by atoms with Crippen molar-refractivity contribution in [3.8, 4) is 0 Å². The third-order valence-corrected chi connectivity index (χ3v) is 11.7. The van der Waals surface area contributed by atoms with Gasteiger partial charge < -0.3 is 14.2 Å². The SMILES string of the molecule is CC/C=C\C/C=C\C/C=C\C/C=C\C/C=C\CCCCCC(=O)OCC(COC(=O)C/C=C\C/C=C\C/C=C\C/C=C\C/C=C\CC)OC(=O)CCCCCCCCCCCCCCCCCCCC. The molecule has 396 valence electrons. The van der Waals surface area contributed by atoms with Gasteiger partial charge in [-0.05, 0) is 89.9 Å². The standard InChI is InChI=1S/C64H104O6/c1-4-7-10-13-16-19-22-25-28-30-32-34-36-39-42-45-48-51-54-57-63(66)69-60-61(59-68-62(65)56-53-50-47-44-41-38-35-27-24-21-18-15-12-9-6-3)70-64(67)58-55-52-49-46-43-40-37-33-31-29-26-23-20-17-14-11-8-5-2/h7,9-10,12,16,18-19,21,25,27-28,32,34-35,39,41-42,44,50,53,61H,4-6,8,11,13-15,17,20,22-24,26,29-31,33,36-38,40,43,45-49,51-52,54-60H2,1-3H3/b10-7-,12-9-,19-16-,21-18-,28-25-,34-32-,35-27-,42-39-,44-41-,53-50-. The van der Waals surface area contributed by atoms with Crippen molar-refractivity contribution in [3.63, 3.8) is 0 Å². The molecule has 1 unspecified atom stereocenters. The number of allylic oxidation sites excluding steroid dienone is 19. The van der Waals surface area contributed by atoms with Gasteiger partial charge in [-0.2, -0.15) is 0 Å². The minimum absolute atomic E-state index is 0.118. The monoisotopic (exact) mass is 969 g/mol. The van der Waals surface area contributed by atoms with E-state index in [2.05, 4.69) is 130 Å². The number of esters is 3. The Hall–Kier alpha value is -4.19. The van der Waals surface area contributed by atoms with Crippen LogP contribution < -0.4 is 0 Å². The Bertz CT molecular complexity index is 1490. The van der Waals surface area contributed by atoms with Gasteiger partial charge in [0, 0.05) is 12.8 Å². The number of carbonyl (C=O) groups is 3. The molecular formula is C64H104O6. The maximum atomic E-state index is 12.9. The van der Waals surface area contributed by atoms with Crippen molar-refractivity contribution < 1.29 is 28.6 Å². The zero-order valence-corrected chi connectivity index (χ0v) is 45.2. The molecule has 0 amide bonds. The van der Waals surface area contributed by atoms with E-state index in [1.54, 1.807) is 6.08 Å². The Kier molecular flexibility index (Phi) is 54.0. The Morgan fingerprint density at radius 2 is 0.614 bits per heavy atom. The van der Waals surface area contributed by atoms with Gasteiger partial charge in [-0.15, -0.1) is 0 Å². The molecule has 70 heavy (non-hydrogen) atoms. The maximum Gasteiger partial charge on any atom is 0.309 e. The Balaban J connectivity index is 4.54. The maximum absolute atomic E-state index is 12.9. The van der Waals surface area contributed by atoms with Crippen molar-refractivity contribution in [2.45, 2.75) is 252 Å². The van der Waals surface area contributed by atoms with Gasteiger partial charge in [-0.3, -0.25) is 14.4 Å². The van der Waals surface area contributed by atoms with Gasteiger partial charge in [0.2, 0.25) is 0 Å². The summed E-state index contributed by atoms with van der Waals surface area (Å²) in [5.41, 5.74) is 0. The molecule has 0 radical (unpaired) electrons. The molecule has 6 heteroatoms. The largest absolute Gasteiger partial charge is 0.462 e. The van der Waals surface area contributed by atoms with E-state index >= 15 is 0 Å². The second-order valence-corrected chi connectivity index (χ2v) is 18.5. The molecule has 6 nitrogen and oxygen atoms in total. The average Bonchev–Trinajstić information content (AvgIpc) is 3.36. The lowest BCUT2D eigenvalue weighted by Gasteiger charge is -2.18.